The van der Waals surface area contributed by atoms with Gasteiger partial charge < -0.3 is 10.0 Å². The van der Waals surface area contributed by atoms with Crippen molar-refractivity contribution in [2.45, 2.75) is 5.92 Å². The van der Waals surface area contributed by atoms with Crippen LogP contribution in [0.15, 0.2) is 30.3 Å². The molecule has 1 rings (SSSR count). The lowest BCUT2D eigenvalue weighted by Crippen LogP contribution is -2.22. The Balaban J connectivity index is 2.67. The largest absolute Gasteiger partial charge is 0.396 e. The molecule has 72 valence electrons. The van der Waals surface area contributed by atoms with Gasteiger partial charge in [-0.15, -0.1) is 0 Å². The lowest BCUT2D eigenvalue weighted by Gasteiger charge is -2.19. The van der Waals surface area contributed by atoms with Gasteiger partial charge >= 0.3 is 0 Å². The Labute approximate surface area is 79.8 Å². The molecule has 0 amide bonds. The zero-order valence-corrected chi connectivity index (χ0v) is 8.27. The van der Waals surface area contributed by atoms with Crippen LogP contribution >= 0.6 is 0 Å². The van der Waals surface area contributed by atoms with Crippen molar-refractivity contribution in [1.82, 2.24) is 4.90 Å². The fourth-order valence-corrected chi connectivity index (χ4v) is 1.43. The number of aliphatic hydroxyl groups excluding tert-OH is 1. The van der Waals surface area contributed by atoms with E-state index in [1.165, 1.54) is 5.56 Å². The zero-order chi connectivity index (χ0) is 9.68. The summed E-state index contributed by atoms with van der Waals surface area (Å²) in [6.45, 7) is 1.10. The van der Waals surface area contributed by atoms with Crippen LogP contribution in [0.2, 0.25) is 0 Å². The molecule has 0 radical (unpaired) electrons. The van der Waals surface area contributed by atoms with Gasteiger partial charge in [0, 0.05) is 12.5 Å². The summed E-state index contributed by atoms with van der Waals surface area (Å²) in [6, 6.07) is 10.1. The van der Waals surface area contributed by atoms with Crippen LogP contribution in [0.1, 0.15) is 11.5 Å². The van der Waals surface area contributed by atoms with E-state index in [2.05, 4.69) is 17.0 Å². The van der Waals surface area contributed by atoms with Gasteiger partial charge in [-0.3, -0.25) is 0 Å². The molecule has 0 aromatic heterocycles. The molecule has 0 saturated carbocycles. The fourth-order valence-electron chi connectivity index (χ4n) is 1.43. The Hall–Kier alpha value is -0.860. The van der Waals surface area contributed by atoms with Crippen LogP contribution < -0.4 is 0 Å². The normalized spacial score (nSPS) is 13.2. The lowest BCUT2D eigenvalue weighted by molar-refractivity contribution is 0.235. The molecule has 0 saturated heterocycles. The molecular weight excluding hydrogens is 162 g/mol. The average Bonchev–Trinajstić information content (AvgIpc) is 2.15. The van der Waals surface area contributed by atoms with Crippen LogP contribution in [0, 0.1) is 0 Å². The minimum atomic E-state index is 0.211. The SMILES string of the molecule is CN(C)CC(CO)c1ccccc1. The Morgan fingerprint density at radius 3 is 2.31 bits per heavy atom. The Morgan fingerprint density at radius 1 is 1.23 bits per heavy atom. The van der Waals surface area contributed by atoms with E-state index in [4.69, 9.17) is 0 Å². The molecule has 0 heterocycles. The van der Waals surface area contributed by atoms with E-state index in [-0.39, 0.29) is 12.5 Å². The molecule has 0 fully saturated rings. The molecule has 0 aliphatic heterocycles. The smallest absolute Gasteiger partial charge is 0.0512 e. The van der Waals surface area contributed by atoms with Gasteiger partial charge in [0.2, 0.25) is 0 Å². The van der Waals surface area contributed by atoms with Crippen molar-refractivity contribution < 1.29 is 5.11 Å². The van der Waals surface area contributed by atoms with Crippen molar-refractivity contribution in [3.8, 4) is 0 Å². The van der Waals surface area contributed by atoms with E-state index in [1.807, 2.05) is 32.3 Å². The van der Waals surface area contributed by atoms with E-state index in [1.54, 1.807) is 0 Å². The molecule has 1 N–H and O–H groups in total. The van der Waals surface area contributed by atoms with E-state index >= 15 is 0 Å². The molecule has 13 heavy (non-hydrogen) atoms. The summed E-state index contributed by atoms with van der Waals surface area (Å²) in [4.78, 5) is 2.09. The minimum absolute atomic E-state index is 0.211. The maximum absolute atomic E-state index is 9.20. The van der Waals surface area contributed by atoms with Crippen LogP contribution in [0.4, 0.5) is 0 Å². The van der Waals surface area contributed by atoms with Gasteiger partial charge in [-0.25, -0.2) is 0 Å². The maximum atomic E-state index is 9.20. The van der Waals surface area contributed by atoms with E-state index < -0.39 is 0 Å². The second kappa shape index (κ2) is 5.00. The maximum Gasteiger partial charge on any atom is 0.0512 e. The van der Waals surface area contributed by atoms with Crippen LogP contribution in [0.5, 0.6) is 0 Å². The Bertz CT molecular complexity index is 233. The Kier molecular flexibility index (Phi) is 3.93. The van der Waals surface area contributed by atoms with Crippen molar-refractivity contribution in [3.05, 3.63) is 35.9 Å². The summed E-state index contributed by atoms with van der Waals surface area (Å²) < 4.78 is 0. The number of aliphatic hydroxyl groups is 1. The third kappa shape index (κ3) is 3.17. The predicted molar refractivity (Wildman–Crippen MR) is 54.8 cm³/mol. The summed E-state index contributed by atoms with van der Waals surface area (Å²) in [5.74, 6) is 0.233. The van der Waals surface area contributed by atoms with Crippen molar-refractivity contribution >= 4 is 0 Å². The van der Waals surface area contributed by atoms with Gasteiger partial charge in [0.05, 0.1) is 6.61 Å². The van der Waals surface area contributed by atoms with Crippen molar-refractivity contribution in [2.24, 2.45) is 0 Å². The number of benzene rings is 1. The molecule has 2 heteroatoms. The van der Waals surface area contributed by atoms with Gasteiger partial charge in [0.15, 0.2) is 0 Å². The molecule has 1 aromatic carbocycles. The van der Waals surface area contributed by atoms with E-state index in [0.717, 1.165) is 6.54 Å². The van der Waals surface area contributed by atoms with E-state index in [0.29, 0.717) is 0 Å². The molecule has 2 nitrogen and oxygen atoms in total. The molecule has 0 aliphatic rings. The molecule has 0 spiro atoms. The quantitative estimate of drug-likeness (QED) is 0.753. The highest BCUT2D eigenvalue weighted by Crippen LogP contribution is 2.14. The first-order chi connectivity index (χ1) is 6.24. The number of nitrogens with zero attached hydrogens (tertiary/aromatic N) is 1. The number of hydrogen-bond acceptors (Lipinski definition) is 2. The summed E-state index contributed by atoms with van der Waals surface area (Å²) in [5.41, 5.74) is 1.21. The predicted octanol–water partition coefficient (Wildman–Crippen LogP) is 1.32. The van der Waals surface area contributed by atoms with Gasteiger partial charge in [-0.1, -0.05) is 30.3 Å². The standard InChI is InChI=1S/C11H17NO/c1-12(2)8-11(9-13)10-6-4-3-5-7-10/h3-7,11,13H,8-9H2,1-2H3. The highest BCUT2D eigenvalue weighted by atomic mass is 16.3. The number of rotatable bonds is 4. The zero-order valence-electron chi connectivity index (χ0n) is 8.27. The van der Waals surface area contributed by atoms with Crippen LogP contribution in [-0.2, 0) is 0 Å². The van der Waals surface area contributed by atoms with Gasteiger partial charge in [0.25, 0.3) is 0 Å². The molecule has 1 atom stereocenters. The first kappa shape index (κ1) is 10.2. The van der Waals surface area contributed by atoms with Crippen molar-refractivity contribution in [1.29, 1.82) is 0 Å². The summed E-state index contributed by atoms with van der Waals surface area (Å²) in [7, 11) is 4.04. The van der Waals surface area contributed by atoms with Gasteiger partial charge in [-0.05, 0) is 19.7 Å². The van der Waals surface area contributed by atoms with Crippen LogP contribution in [-0.4, -0.2) is 37.3 Å². The van der Waals surface area contributed by atoms with Crippen molar-refractivity contribution in [2.75, 3.05) is 27.2 Å². The summed E-state index contributed by atoms with van der Waals surface area (Å²) in [5, 5.41) is 9.20. The average molecular weight is 179 g/mol. The van der Waals surface area contributed by atoms with Crippen LogP contribution in [0.3, 0.4) is 0 Å². The monoisotopic (exact) mass is 179 g/mol. The highest BCUT2D eigenvalue weighted by molar-refractivity contribution is 5.19. The molecule has 0 aliphatic carbocycles. The third-order valence-electron chi connectivity index (χ3n) is 2.08. The van der Waals surface area contributed by atoms with Gasteiger partial charge in [0.1, 0.15) is 0 Å². The molecule has 0 bridgehead atoms. The highest BCUT2D eigenvalue weighted by Gasteiger charge is 2.10. The summed E-state index contributed by atoms with van der Waals surface area (Å²) in [6.07, 6.45) is 0. The lowest BCUT2D eigenvalue weighted by atomic mass is 10.00. The third-order valence-corrected chi connectivity index (χ3v) is 2.08. The first-order valence-electron chi connectivity index (χ1n) is 4.54. The second-order valence-electron chi connectivity index (χ2n) is 3.55. The topological polar surface area (TPSA) is 23.5 Å². The number of hydrogen-bond donors (Lipinski definition) is 1. The molecular formula is C11H17NO. The fraction of sp³-hybridized carbons (Fsp3) is 0.455. The summed E-state index contributed by atoms with van der Waals surface area (Å²) >= 11 is 0. The van der Waals surface area contributed by atoms with E-state index in [9.17, 15) is 5.11 Å². The van der Waals surface area contributed by atoms with Crippen molar-refractivity contribution in [3.63, 3.8) is 0 Å². The first-order valence-corrected chi connectivity index (χ1v) is 4.54. The van der Waals surface area contributed by atoms with Gasteiger partial charge in [-0.2, -0.15) is 0 Å². The Morgan fingerprint density at radius 2 is 1.85 bits per heavy atom. The molecule has 1 aromatic rings. The van der Waals surface area contributed by atoms with Crippen LogP contribution in [0.25, 0.3) is 0 Å². The molecule has 1 unspecified atom stereocenters. The second-order valence-corrected chi connectivity index (χ2v) is 3.55. The minimum Gasteiger partial charge on any atom is -0.396 e. The number of likely N-dealkylation sites (N-methyl/N-ethyl adjacent to an activating group) is 1.